The fraction of sp³-hybridized carbons (Fsp3) is 0.650. The van der Waals surface area contributed by atoms with Gasteiger partial charge in [0, 0.05) is 31.5 Å². The molecule has 2 unspecified atom stereocenters. The number of piperidine rings is 1. The van der Waals surface area contributed by atoms with Crippen molar-refractivity contribution in [3.05, 3.63) is 29.3 Å². The van der Waals surface area contributed by atoms with Gasteiger partial charge in [0.05, 0.1) is 7.11 Å². The molecule has 1 aliphatic carbocycles. The summed E-state index contributed by atoms with van der Waals surface area (Å²) in [7, 11) is 1.74. The minimum absolute atomic E-state index is 0.345. The predicted octanol–water partition coefficient (Wildman–Crippen LogP) is 2.81. The smallest absolute Gasteiger partial charge is 0.223 e. The van der Waals surface area contributed by atoms with Crippen molar-refractivity contribution < 1.29 is 9.53 Å². The molecule has 0 spiro atoms. The number of hydrogen-bond donors (Lipinski definition) is 0. The largest absolute Gasteiger partial charge is 0.496 e. The van der Waals surface area contributed by atoms with E-state index in [9.17, 15) is 4.79 Å². The van der Waals surface area contributed by atoms with Crippen LogP contribution in [0.3, 0.4) is 0 Å². The monoisotopic (exact) mass is 328 g/mol. The molecule has 2 atom stereocenters. The van der Waals surface area contributed by atoms with Gasteiger partial charge >= 0.3 is 0 Å². The molecule has 0 radical (unpaired) electrons. The summed E-state index contributed by atoms with van der Waals surface area (Å²) in [5.74, 6) is 1.69. The first-order valence-electron chi connectivity index (χ1n) is 9.45. The lowest BCUT2D eigenvalue weighted by molar-refractivity contribution is -0.129. The Morgan fingerprint density at radius 1 is 1.17 bits per heavy atom. The van der Waals surface area contributed by atoms with Crippen molar-refractivity contribution in [2.75, 3.05) is 33.3 Å². The Labute approximate surface area is 144 Å². The molecule has 4 nitrogen and oxygen atoms in total. The normalized spacial score (nSPS) is 27.0. The van der Waals surface area contributed by atoms with Crippen LogP contribution in [0.15, 0.2) is 18.2 Å². The van der Waals surface area contributed by atoms with E-state index in [4.69, 9.17) is 4.74 Å². The van der Waals surface area contributed by atoms with Gasteiger partial charge in [-0.05, 0) is 56.0 Å². The first-order chi connectivity index (χ1) is 11.8. The van der Waals surface area contributed by atoms with E-state index in [2.05, 4.69) is 21.9 Å². The summed E-state index contributed by atoms with van der Waals surface area (Å²) >= 11 is 0. The molecule has 2 heterocycles. The molecule has 0 N–H and O–H groups in total. The molecule has 0 aromatic heterocycles. The summed E-state index contributed by atoms with van der Waals surface area (Å²) in [6.07, 6.45) is 6.76. The summed E-state index contributed by atoms with van der Waals surface area (Å²) in [5, 5.41) is 0. The summed E-state index contributed by atoms with van der Waals surface area (Å²) in [6, 6.07) is 6.71. The molecule has 24 heavy (non-hydrogen) atoms. The second-order valence-electron chi connectivity index (χ2n) is 7.43. The molecule has 4 heteroatoms. The zero-order chi connectivity index (χ0) is 16.5. The zero-order valence-electron chi connectivity index (χ0n) is 14.7. The highest BCUT2D eigenvalue weighted by Gasteiger charge is 2.43. The molecule has 130 valence electrons. The Kier molecular flexibility index (Phi) is 4.49. The number of benzene rings is 1. The molecular weight excluding hydrogens is 300 g/mol. The number of carbonyl (C=O) groups is 1. The van der Waals surface area contributed by atoms with Crippen LogP contribution in [0.25, 0.3) is 0 Å². The molecule has 1 aromatic carbocycles. The number of fused-ring (bicyclic) bond motifs is 3. The van der Waals surface area contributed by atoms with Gasteiger partial charge in [-0.3, -0.25) is 4.79 Å². The van der Waals surface area contributed by atoms with Crippen molar-refractivity contribution in [3.8, 4) is 5.75 Å². The van der Waals surface area contributed by atoms with E-state index in [0.29, 0.717) is 24.3 Å². The number of nitrogens with zero attached hydrogens (tertiary/aromatic N) is 2. The van der Waals surface area contributed by atoms with Crippen LogP contribution in [0.5, 0.6) is 5.75 Å². The van der Waals surface area contributed by atoms with Crippen LogP contribution < -0.4 is 4.74 Å². The van der Waals surface area contributed by atoms with Crippen molar-refractivity contribution >= 4 is 5.91 Å². The maximum absolute atomic E-state index is 12.7. The Morgan fingerprint density at radius 3 is 2.79 bits per heavy atom. The summed E-state index contributed by atoms with van der Waals surface area (Å²) in [4.78, 5) is 17.4. The van der Waals surface area contributed by atoms with Gasteiger partial charge in [-0.1, -0.05) is 18.6 Å². The van der Waals surface area contributed by atoms with Crippen molar-refractivity contribution in [1.29, 1.82) is 0 Å². The van der Waals surface area contributed by atoms with E-state index in [1.165, 1.54) is 43.5 Å². The number of likely N-dealkylation sites (tertiary alicyclic amines) is 2. The van der Waals surface area contributed by atoms with Gasteiger partial charge in [-0.15, -0.1) is 0 Å². The van der Waals surface area contributed by atoms with Crippen molar-refractivity contribution in [2.45, 2.75) is 50.5 Å². The van der Waals surface area contributed by atoms with Gasteiger partial charge in [0.25, 0.3) is 0 Å². The highest BCUT2D eigenvalue weighted by atomic mass is 16.5. The Hall–Kier alpha value is -1.55. The van der Waals surface area contributed by atoms with E-state index >= 15 is 0 Å². The Bertz CT molecular complexity index is 610. The van der Waals surface area contributed by atoms with Gasteiger partial charge < -0.3 is 14.5 Å². The molecule has 2 fully saturated rings. The van der Waals surface area contributed by atoms with Crippen molar-refractivity contribution in [2.24, 2.45) is 0 Å². The van der Waals surface area contributed by atoms with E-state index < -0.39 is 0 Å². The molecule has 1 amide bonds. The van der Waals surface area contributed by atoms with Crippen molar-refractivity contribution in [1.82, 2.24) is 9.80 Å². The molecule has 2 saturated heterocycles. The maximum Gasteiger partial charge on any atom is 0.223 e. The highest BCUT2D eigenvalue weighted by molar-refractivity contribution is 5.81. The molecule has 3 aliphatic rings. The third-order valence-electron chi connectivity index (χ3n) is 6.16. The van der Waals surface area contributed by atoms with Crippen LogP contribution in [-0.2, 0) is 11.2 Å². The highest BCUT2D eigenvalue weighted by Crippen LogP contribution is 2.44. The van der Waals surface area contributed by atoms with Gasteiger partial charge in [-0.25, -0.2) is 0 Å². The molecular formula is C20H28N2O2. The number of hydrogen-bond acceptors (Lipinski definition) is 3. The molecule has 0 saturated carbocycles. The standard InChI is InChI=1S/C20H28N2O2/c1-24-19-7-5-6-15-16(19)8-9-18-17(15)14-20(23)22(18)13-12-21-10-3-2-4-11-21/h5-7,17-18H,2-4,8-14H2,1H3. The van der Waals surface area contributed by atoms with Gasteiger partial charge in [0.15, 0.2) is 0 Å². The van der Waals surface area contributed by atoms with E-state index in [1.807, 2.05) is 6.07 Å². The van der Waals surface area contributed by atoms with E-state index in [0.717, 1.165) is 31.7 Å². The third kappa shape index (κ3) is 2.81. The number of carbonyl (C=O) groups excluding carboxylic acids is 1. The van der Waals surface area contributed by atoms with Gasteiger partial charge in [0.1, 0.15) is 5.75 Å². The lowest BCUT2D eigenvalue weighted by atomic mass is 9.79. The van der Waals surface area contributed by atoms with Crippen LogP contribution >= 0.6 is 0 Å². The molecule has 4 rings (SSSR count). The van der Waals surface area contributed by atoms with E-state index in [-0.39, 0.29) is 0 Å². The molecule has 1 aromatic rings. The molecule has 2 aliphatic heterocycles. The van der Waals surface area contributed by atoms with Crippen LogP contribution in [0.2, 0.25) is 0 Å². The van der Waals surface area contributed by atoms with Crippen LogP contribution in [-0.4, -0.2) is 55.0 Å². The SMILES string of the molecule is COc1cccc2c1CCC1C2CC(=O)N1CCN1CCCCC1. The van der Waals surface area contributed by atoms with Crippen LogP contribution in [0.4, 0.5) is 0 Å². The Balaban J connectivity index is 1.48. The predicted molar refractivity (Wildman–Crippen MR) is 94.5 cm³/mol. The molecule has 0 bridgehead atoms. The number of ether oxygens (including phenoxy) is 1. The average Bonchev–Trinajstić information content (AvgIpc) is 2.96. The second-order valence-corrected chi connectivity index (χ2v) is 7.43. The lowest BCUT2D eigenvalue weighted by Gasteiger charge is -2.35. The van der Waals surface area contributed by atoms with Crippen molar-refractivity contribution in [3.63, 3.8) is 0 Å². The summed E-state index contributed by atoms with van der Waals surface area (Å²) < 4.78 is 5.54. The van der Waals surface area contributed by atoms with Crippen LogP contribution in [0, 0.1) is 0 Å². The number of methoxy groups -OCH3 is 1. The Morgan fingerprint density at radius 2 is 2.00 bits per heavy atom. The fourth-order valence-electron chi connectivity index (χ4n) is 4.92. The zero-order valence-corrected chi connectivity index (χ0v) is 14.7. The minimum atomic E-state index is 0.345. The van der Waals surface area contributed by atoms with Crippen LogP contribution in [0.1, 0.15) is 49.1 Å². The quantitative estimate of drug-likeness (QED) is 0.852. The first-order valence-corrected chi connectivity index (χ1v) is 9.45. The number of amides is 1. The summed E-state index contributed by atoms with van der Waals surface area (Å²) in [6.45, 7) is 4.35. The maximum atomic E-state index is 12.7. The topological polar surface area (TPSA) is 32.8 Å². The van der Waals surface area contributed by atoms with Gasteiger partial charge in [-0.2, -0.15) is 0 Å². The first kappa shape index (κ1) is 15.9. The second kappa shape index (κ2) is 6.75. The number of rotatable bonds is 4. The third-order valence-corrected chi connectivity index (χ3v) is 6.16. The average molecular weight is 328 g/mol. The van der Waals surface area contributed by atoms with E-state index in [1.54, 1.807) is 7.11 Å². The lowest BCUT2D eigenvalue weighted by Crippen LogP contribution is -2.43. The fourth-order valence-corrected chi connectivity index (χ4v) is 4.92. The summed E-state index contributed by atoms with van der Waals surface area (Å²) in [5.41, 5.74) is 2.67. The minimum Gasteiger partial charge on any atom is -0.496 e. The van der Waals surface area contributed by atoms with Gasteiger partial charge in [0.2, 0.25) is 5.91 Å².